The molecule has 0 atom stereocenters. The summed E-state index contributed by atoms with van der Waals surface area (Å²) in [5.41, 5.74) is -0.589. The molecule has 0 aromatic heterocycles. The molecule has 0 aromatic rings. The van der Waals surface area contributed by atoms with Crippen molar-refractivity contribution in [1.29, 1.82) is 0 Å². The predicted octanol–water partition coefficient (Wildman–Crippen LogP) is -0.191. The Morgan fingerprint density at radius 1 is 1.21 bits per heavy atom. The molecule has 0 saturated carbocycles. The van der Waals surface area contributed by atoms with Crippen LogP contribution in [0.15, 0.2) is 4.99 Å². The van der Waals surface area contributed by atoms with Gasteiger partial charge >= 0.3 is 0 Å². The molecule has 0 aromatic carbocycles. The summed E-state index contributed by atoms with van der Waals surface area (Å²) in [6.07, 6.45) is 0.828. The van der Waals surface area contributed by atoms with Crippen molar-refractivity contribution in [1.82, 2.24) is 20.9 Å². The number of carbonyl (C=O) groups excluding carboxylic acids is 2. The molecule has 2 amide bonds. The summed E-state index contributed by atoms with van der Waals surface area (Å²) >= 11 is 0. The van der Waals surface area contributed by atoms with Gasteiger partial charge in [-0.05, 0) is 27.2 Å². The van der Waals surface area contributed by atoms with Crippen LogP contribution in [0.4, 0.5) is 0 Å². The molecule has 0 aliphatic rings. The van der Waals surface area contributed by atoms with Gasteiger partial charge in [-0.2, -0.15) is 0 Å². The fourth-order valence-electron chi connectivity index (χ4n) is 1.71. The first-order valence-electron chi connectivity index (χ1n) is 8.26. The maximum absolute atomic E-state index is 11.8. The lowest BCUT2D eigenvalue weighted by atomic mass is 9.92. The minimum atomic E-state index is -0.589. The highest BCUT2D eigenvalue weighted by molar-refractivity contribution is 5.86. The first kappa shape index (κ1) is 22.2. The Hall–Kier alpha value is -1.83. The zero-order chi connectivity index (χ0) is 18.6. The van der Waals surface area contributed by atoms with Crippen molar-refractivity contribution in [2.75, 3.05) is 54.0 Å². The van der Waals surface area contributed by atoms with Crippen molar-refractivity contribution < 1.29 is 14.3 Å². The van der Waals surface area contributed by atoms with E-state index in [1.54, 1.807) is 21.1 Å². The number of hydrogen-bond donors (Lipinski definition) is 3. The zero-order valence-corrected chi connectivity index (χ0v) is 15.9. The second kappa shape index (κ2) is 11.7. The minimum absolute atomic E-state index is 0.0498. The van der Waals surface area contributed by atoms with Crippen LogP contribution in [0.25, 0.3) is 0 Å². The number of aliphatic imine (C=N–C) groups is 1. The van der Waals surface area contributed by atoms with Gasteiger partial charge in [-0.3, -0.25) is 9.59 Å². The number of guanidine groups is 1. The van der Waals surface area contributed by atoms with Gasteiger partial charge in [0.25, 0.3) is 0 Å². The van der Waals surface area contributed by atoms with Crippen LogP contribution in [0, 0.1) is 5.41 Å². The van der Waals surface area contributed by atoms with Gasteiger partial charge in [0, 0.05) is 47.4 Å². The van der Waals surface area contributed by atoms with Gasteiger partial charge in [0.05, 0.1) is 5.41 Å². The molecule has 140 valence electrons. The molecule has 8 heteroatoms. The van der Waals surface area contributed by atoms with E-state index >= 15 is 0 Å². The Balaban J connectivity index is 4.64. The fourth-order valence-corrected chi connectivity index (χ4v) is 1.71. The van der Waals surface area contributed by atoms with Gasteiger partial charge in [-0.15, -0.1) is 0 Å². The second-order valence-corrected chi connectivity index (χ2v) is 6.25. The minimum Gasteiger partial charge on any atom is -0.382 e. The standard InChI is InChI=1S/C16H33N5O3/c1-7-24-10-8-9-18-15(19-11-13(22)21(5)6)20-12-16(2,3)14(23)17-4/h7-12H2,1-6H3,(H,17,23)(H2,18,19,20). The Bertz CT molecular complexity index is 422. The van der Waals surface area contributed by atoms with Crippen LogP contribution in [0.5, 0.6) is 0 Å². The summed E-state index contributed by atoms with van der Waals surface area (Å²) in [6, 6.07) is 0. The predicted molar refractivity (Wildman–Crippen MR) is 96.0 cm³/mol. The molecule has 0 unspecified atom stereocenters. The highest BCUT2D eigenvalue weighted by atomic mass is 16.5. The second-order valence-electron chi connectivity index (χ2n) is 6.25. The SMILES string of the molecule is CCOCCCNC(=NCC(=O)N(C)C)NCC(C)(C)C(=O)NC. The number of hydrogen-bond acceptors (Lipinski definition) is 4. The number of nitrogens with zero attached hydrogens (tertiary/aromatic N) is 2. The molecule has 0 saturated heterocycles. The normalized spacial score (nSPS) is 11.8. The van der Waals surface area contributed by atoms with Gasteiger partial charge in [-0.1, -0.05) is 0 Å². The van der Waals surface area contributed by atoms with E-state index in [2.05, 4.69) is 20.9 Å². The van der Waals surface area contributed by atoms with E-state index in [0.29, 0.717) is 32.3 Å². The molecular weight excluding hydrogens is 310 g/mol. The van der Waals surface area contributed by atoms with Gasteiger partial charge in [-0.25, -0.2) is 4.99 Å². The summed E-state index contributed by atoms with van der Waals surface area (Å²) in [5, 5.41) is 8.93. The van der Waals surface area contributed by atoms with E-state index in [0.717, 1.165) is 6.42 Å². The van der Waals surface area contributed by atoms with Crippen molar-refractivity contribution in [3.63, 3.8) is 0 Å². The highest BCUT2D eigenvalue weighted by Crippen LogP contribution is 2.12. The molecule has 0 bridgehead atoms. The molecule has 24 heavy (non-hydrogen) atoms. The monoisotopic (exact) mass is 343 g/mol. The quantitative estimate of drug-likeness (QED) is 0.290. The number of amides is 2. The van der Waals surface area contributed by atoms with E-state index in [1.165, 1.54) is 4.90 Å². The van der Waals surface area contributed by atoms with Crippen molar-refractivity contribution in [2.24, 2.45) is 10.4 Å². The van der Waals surface area contributed by atoms with E-state index in [-0.39, 0.29) is 18.4 Å². The topological polar surface area (TPSA) is 95.1 Å². The molecule has 0 heterocycles. The van der Waals surface area contributed by atoms with E-state index in [4.69, 9.17) is 4.74 Å². The molecular formula is C16H33N5O3. The Morgan fingerprint density at radius 3 is 2.42 bits per heavy atom. The molecule has 8 nitrogen and oxygen atoms in total. The maximum atomic E-state index is 11.8. The third kappa shape index (κ3) is 9.34. The number of rotatable bonds is 10. The molecule has 0 aliphatic heterocycles. The zero-order valence-electron chi connectivity index (χ0n) is 15.9. The third-order valence-corrected chi connectivity index (χ3v) is 3.37. The fraction of sp³-hybridized carbons (Fsp3) is 0.812. The number of carbonyl (C=O) groups is 2. The maximum Gasteiger partial charge on any atom is 0.243 e. The summed E-state index contributed by atoms with van der Waals surface area (Å²) in [6.45, 7) is 8.12. The van der Waals surface area contributed by atoms with Gasteiger partial charge in [0.15, 0.2) is 5.96 Å². The molecule has 0 fully saturated rings. The van der Waals surface area contributed by atoms with Crippen LogP contribution < -0.4 is 16.0 Å². The summed E-state index contributed by atoms with van der Waals surface area (Å²) < 4.78 is 5.29. The van der Waals surface area contributed by atoms with E-state index in [9.17, 15) is 9.59 Å². The Morgan fingerprint density at radius 2 is 1.88 bits per heavy atom. The summed E-state index contributed by atoms with van der Waals surface area (Å²) in [4.78, 5) is 29.3. The number of nitrogens with one attached hydrogen (secondary N) is 3. The first-order chi connectivity index (χ1) is 11.2. The lowest BCUT2D eigenvalue weighted by Gasteiger charge is -2.24. The molecule has 0 rings (SSSR count). The van der Waals surface area contributed by atoms with Crippen molar-refractivity contribution in [3.05, 3.63) is 0 Å². The van der Waals surface area contributed by atoms with Gasteiger partial charge < -0.3 is 25.6 Å². The lowest BCUT2D eigenvalue weighted by molar-refractivity contribution is -0.128. The highest BCUT2D eigenvalue weighted by Gasteiger charge is 2.26. The smallest absolute Gasteiger partial charge is 0.243 e. The average Bonchev–Trinajstić information content (AvgIpc) is 2.54. The largest absolute Gasteiger partial charge is 0.382 e. The first-order valence-corrected chi connectivity index (χ1v) is 8.26. The van der Waals surface area contributed by atoms with Crippen LogP contribution in [0.3, 0.4) is 0 Å². The van der Waals surface area contributed by atoms with Crippen LogP contribution in [0.2, 0.25) is 0 Å². The molecule has 0 spiro atoms. The summed E-state index contributed by atoms with van der Waals surface area (Å²) in [7, 11) is 4.99. The van der Waals surface area contributed by atoms with Crippen LogP contribution >= 0.6 is 0 Å². The van der Waals surface area contributed by atoms with Crippen molar-refractivity contribution in [3.8, 4) is 0 Å². The lowest BCUT2D eigenvalue weighted by Crippen LogP contribution is -2.47. The number of ether oxygens (including phenoxy) is 1. The Labute approximate surface area is 145 Å². The van der Waals surface area contributed by atoms with Crippen LogP contribution in [0.1, 0.15) is 27.2 Å². The summed E-state index contributed by atoms with van der Waals surface area (Å²) in [5.74, 6) is 0.365. The average molecular weight is 343 g/mol. The van der Waals surface area contributed by atoms with Crippen LogP contribution in [-0.2, 0) is 14.3 Å². The van der Waals surface area contributed by atoms with Crippen molar-refractivity contribution in [2.45, 2.75) is 27.2 Å². The third-order valence-electron chi connectivity index (χ3n) is 3.37. The van der Waals surface area contributed by atoms with Gasteiger partial charge in [0.1, 0.15) is 6.54 Å². The Kier molecular flexibility index (Phi) is 10.8. The molecule has 0 radical (unpaired) electrons. The van der Waals surface area contributed by atoms with E-state index < -0.39 is 5.41 Å². The van der Waals surface area contributed by atoms with Gasteiger partial charge in [0.2, 0.25) is 11.8 Å². The van der Waals surface area contributed by atoms with E-state index in [1.807, 2.05) is 20.8 Å². The molecule has 0 aliphatic carbocycles. The number of likely N-dealkylation sites (N-methyl/N-ethyl adjacent to an activating group) is 1. The van der Waals surface area contributed by atoms with Crippen LogP contribution in [-0.4, -0.2) is 76.7 Å². The van der Waals surface area contributed by atoms with Crippen molar-refractivity contribution >= 4 is 17.8 Å². The molecule has 3 N–H and O–H groups in total.